The second kappa shape index (κ2) is 15.6. The summed E-state index contributed by atoms with van der Waals surface area (Å²) < 4.78 is 2.38. The molecule has 64 heavy (non-hydrogen) atoms. The van der Waals surface area contributed by atoms with E-state index in [2.05, 4.69) is 230 Å². The number of para-hydroxylation sites is 2. The molecule has 0 N–H and O–H groups in total. The Balaban J connectivity index is 1.03. The zero-order valence-corrected chi connectivity index (χ0v) is 35.5. The molecule has 0 saturated carbocycles. The summed E-state index contributed by atoms with van der Waals surface area (Å²) in [5, 5.41) is 10.00. The van der Waals surface area contributed by atoms with Gasteiger partial charge in [0.25, 0.3) is 0 Å². The quantitative estimate of drug-likeness (QED) is 0.150. The molecule has 12 rings (SSSR count). The third kappa shape index (κ3) is 6.44. The summed E-state index contributed by atoms with van der Waals surface area (Å²) in [5.74, 6) is 0.726. The maximum absolute atomic E-state index is 5.39. The summed E-state index contributed by atoms with van der Waals surface area (Å²) in [7, 11) is 0. The normalized spacial score (nSPS) is 16.1. The number of amidine groups is 1. The Bertz CT molecular complexity index is 3700. The maximum Gasteiger partial charge on any atom is 0.160 e. The number of hydrogen-bond acceptors (Lipinski definition) is 2. The van der Waals surface area contributed by atoms with E-state index >= 15 is 0 Å². The first kappa shape index (κ1) is 37.6. The number of nitrogens with zero attached hydrogens (tertiary/aromatic N) is 3. The van der Waals surface area contributed by atoms with Crippen LogP contribution in [0.1, 0.15) is 36.5 Å². The van der Waals surface area contributed by atoms with Crippen molar-refractivity contribution in [3.8, 4) is 27.9 Å². The Kier molecular flexibility index (Phi) is 9.19. The van der Waals surface area contributed by atoms with Crippen LogP contribution in [0.2, 0.25) is 0 Å². The van der Waals surface area contributed by atoms with E-state index in [0.29, 0.717) is 0 Å². The van der Waals surface area contributed by atoms with E-state index in [1.165, 1.54) is 70.8 Å². The van der Waals surface area contributed by atoms with E-state index < -0.39 is 0 Å². The zero-order chi connectivity index (χ0) is 42.6. The van der Waals surface area contributed by atoms with Gasteiger partial charge in [-0.05, 0) is 128 Å². The van der Waals surface area contributed by atoms with Gasteiger partial charge < -0.3 is 4.57 Å². The minimum Gasteiger partial charge on any atom is -0.309 e. The van der Waals surface area contributed by atoms with Crippen molar-refractivity contribution in [2.24, 2.45) is 9.98 Å². The number of benzene rings is 10. The lowest BCUT2D eigenvalue weighted by molar-refractivity contribution is 1.00. The molecule has 0 amide bonds. The predicted molar refractivity (Wildman–Crippen MR) is 272 cm³/mol. The predicted octanol–water partition coefficient (Wildman–Crippen LogP) is 16.0. The van der Waals surface area contributed by atoms with Crippen LogP contribution in [-0.4, -0.2) is 16.1 Å². The zero-order valence-electron chi connectivity index (χ0n) is 35.5. The Morgan fingerprint density at radius 2 is 0.922 bits per heavy atom. The first-order valence-electron chi connectivity index (χ1n) is 22.2. The van der Waals surface area contributed by atoms with Crippen molar-refractivity contribution in [1.82, 2.24) is 4.57 Å². The molecule has 0 unspecified atom stereocenters. The number of aliphatic imine (C=N–C) groups is 2. The van der Waals surface area contributed by atoms with Crippen molar-refractivity contribution >= 4 is 71.4 Å². The summed E-state index contributed by atoms with van der Waals surface area (Å²) >= 11 is 0. The summed E-state index contributed by atoms with van der Waals surface area (Å²) in [6, 6.07) is 79.0. The molecule has 3 heteroatoms. The maximum atomic E-state index is 5.39. The lowest BCUT2D eigenvalue weighted by atomic mass is 9.88. The van der Waals surface area contributed by atoms with Crippen LogP contribution in [0.5, 0.6) is 0 Å². The lowest BCUT2D eigenvalue weighted by Gasteiger charge is -2.17. The molecule has 1 aromatic heterocycles. The fourth-order valence-electron chi connectivity index (χ4n) is 9.97. The van der Waals surface area contributed by atoms with Crippen LogP contribution >= 0.6 is 0 Å². The third-order valence-electron chi connectivity index (χ3n) is 13.1. The van der Waals surface area contributed by atoms with Gasteiger partial charge in [-0.2, -0.15) is 0 Å². The van der Waals surface area contributed by atoms with E-state index in [1.54, 1.807) is 0 Å². The highest BCUT2D eigenvalue weighted by atomic mass is 15.0. The number of hydrogen-bond donors (Lipinski definition) is 0. The highest BCUT2D eigenvalue weighted by molar-refractivity contribution is 6.29. The summed E-state index contributed by atoms with van der Waals surface area (Å²) in [6.07, 6.45) is 1.73. The Labute approximate surface area is 372 Å². The summed E-state index contributed by atoms with van der Waals surface area (Å²) in [6.45, 7) is 2.21. The van der Waals surface area contributed by atoms with Crippen LogP contribution in [-0.2, 0) is 0 Å². The Morgan fingerprint density at radius 3 is 1.72 bits per heavy atom. The molecule has 302 valence electrons. The molecule has 3 nitrogen and oxygen atoms in total. The van der Waals surface area contributed by atoms with E-state index in [9.17, 15) is 0 Å². The van der Waals surface area contributed by atoms with E-state index in [1.807, 2.05) is 0 Å². The van der Waals surface area contributed by atoms with Crippen LogP contribution in [0.25, 0.3) is 87.8 Å². The highest BCUT2D eigenvalue weighted by Crippen LogP contribution is 2.43. The van der Waals surface area contributed by atoms with Crippen molar-refractivity contribution in [2.75, 3.05) is 0 Å². The van der Waals surface area contributed by atoms with Gasteiger partial charge in [-0.1, -0.05) is 176 Å². The fraction of sp³-hybridized carbons (Fsp3) is 0.0492. The van der Waals surface area contributed by atoms with Crippen LogP contribution in [0.4, 0.5) is 0 Å². The van der Waals surface area contributed by atoms with Gasteiger partial charge in [0.15, 0.2) is 5.84 Å². The molecule has 10 aromatic carbocycles. The van der Waals surface area contributed by atoms with Crippen molar-refractivity contribution in [2.45, 2.75) is 19.8 Å². The standard InChI is InChI=1S/C61H43N3/c1-40-31-35-56(41-17-5-2-6-18-41)62-61(63-60(40)42-19-7-3-8-20-42)46-22-15-21-43(37-46)44-32-34-53-54(38-44)50-26-12-11-25-49(50)52-29-16-28-48(59(52)53)45-33-36-58-55(39-45)51-27-13-14-30-57(51)64(58)47-23-9-4-10-24-47/h2-30,32-34,36-39H,31,35H2,1H3/b60-40+,62-56+,63-61-. The number of allylic oxidation sites excluding steroid dienone is 1. The van der Waals surface area contributed by atoms with Crippen molar-refractivity contribution in [1.29, 1.82) is 0 Å². The van der Waals surface area contributed by atoms with E-state index in [4.69, 9.17) is 9.98 Å². The van der Waals surface area contributed by atoms with E-state index in [0.717, 1.165) is 63.6 Å². The van der Waals surface area contributed by atoms with Crippen LogP contribution < -0.4 is 0 Å². The number of aromatic nitrogens is 1. The van der Waals surface area contributed by atoms with Crippen LogP contribution in [0.3, 0.4) is 0 Å². The fourth-order valence-corrected chi connectivity index (χ4v) is 9.97. The van der Waals surface area contributed by atoms with Crippen LogP contribution in [0.15, 0.2) is 234 Å². The molecular weight excluding hydrogens is 775 g/mol. The SMILES string of the molecule is C\C1=C(c2ccccc2)/N=C(c2cccc(-c3ccc4c(c3)c3ccccc3c3cccc(-c5ccc6c(c5)c5ccccc5n6-c5ccccc5)c34)c2)\N=C(\c2ccccc2)CC1. The van der Waals surface area contributed by atoms with Gasteiger partial charge in [0.2, 0.25) is 0 Å². The topological polar surface area (TPSA) is 29.6 Å². The second-order valence-corrected chi connectivity index (χ2v) is 16.9. The number of fused-ring (bicyclic) bond motifs is 9. The molecule has 0 aliphatic carbocycles. The van der Waals surface area contributed by atoms with E-state index in [-0.39, 0.29) is 0 Å². The average Bonchev–Trinajstić information content (AvgIpc) is 3.69. The Hall–Kier alpha value is -8.14. The van der Waals surface area contributed by atoms with Gasteiger partial charge in [-0.3, -0.25) is 0 Å². The van der Waals surface area contributed by atoms with Crippen LogP contribution in [0, 0.1) is 0 Å². The summed E-state index contributed by atoms with van der Waals surface area (Å²) in [5.41, 5.74) is 14.8. The van der Waals surface area contributed by atoms with Gasteiger partial charge in [0, 0.05) is 27.6 Å². The third-order valence-corrected chi connectivity index (χ3v) is 13.1. The van der Waals surface area contributed by atoms with Gasteiger partial charge in [-0.25, -0.2) is 9.98 Å². The average molecular weight is 818 g/mol. The lowest BCUT2D eigenvalue weighted by Crippen LogP contribution is -2.10. The Morgan fingerprint density at radius 1 is 0.359 bits per heavy atom. The molecule has 0 fully saturated rings. The first-order chi connectivity index (χ1) is 31.7. The first-order valence-corrected chi connectivity index (χ1v) is 22.2. The minimum absolute atomic E-state index is 0.726. The van der Waals surface area contributed by atoms with Crippen molar-refractivity contribution in [3.63, 3.8) is 0 Å². The minimum atomic E-state index is 0.726. The van der Waals surface area contributed by atoms with Gasteiger partial charge in [0.05, 0.1) is 22.4 Å². The smallest absolute Gasteiger partial charge is 0.160 e. The molecule has 0 radical (unpaired) electrons. The monoisotopic (exact) mass is 817 g/mol. The van der Waals surface area contributed by atoms with Gasteiger partial charge in [0.1, 0.15) is 0 Å². The van der Waals surface area contributed by atoms with Crippen molar-refractivity contribution < 1.29 is 0 Å². The van der Waals surface area contributed by atoms with Gasteiger partial charge >= 0.3 is 0 Å². The second-order valence-electron chi connectivity index (χ2n) is 16.9. The molecule has 1 aliphatic heterocycles. The molecule has 2 heterocycles. The molecule has 1 aliphatic rings. The highest BCUT2D eigenvalue weighted by Gasteiger charge is 2.19. The largest absolute Gasteiger partial charge is 0.309 e. The molecular formula is C61H43N3. The number of rotatable bonds is 6. The molecule has 0 bridgehead atoms. The molecule has 0 saturated heterocycles. The van der Waals surface area contributed by atoms with Gasteiger partial charge in [-0.15, -0.1) is 0 Å². The molecule has 11 aromatic rings. The molecule has 0 atom stereocenters. The van der Waals surface area contributed by atoms with Crippen molar-refractivity contribution in [3.05, 3.63) is 241 Å². The summed E-state index contributed by atoms with van der Waals surface area (Å²) in [4.78, 5) is 10.8. The molecule has 0 spiro atoms.